The molecule has 0 unspecified atom stereocenters. The van der Waals surface area contributed by atoms with Crippen molar-refractivity contribution in [2.75, 3.05) is 19.3 Å². The molecular formula is C12H15BrFN3O3S. The van der Waals surface area contributed by atoms with Gasteiger partial charge in [-0.25, -0.2) is 12.8 Å². The molecule has 0 heterocycles. The number of amides is 1. The van der Waals surface area contributed by atoms with E-state index in [0.717, 1.165) is 29.3 Å². The van der Waals surface area contributed by atoms with Gasteiger partial charge in [0.1, 0.15) is 10.7 Å². The van der Waals surface area contributed by atoms with Crippen LogP contribution in [0.1, 0.15) is 12.8 Å². The predicted molar refractivity (Wildman–Crippen MR) is 79.5 cm³/mol. The topological polar surface area (TPSA) is 92.5 Å². The Kier molecular flexibility index (Phi) is 4.54. The minimum absolute atomic E-state index is 0.103. The molecule has 0 aliphatic heterocycles. The van der Waals surface area contributed by atoms with E-state index in [4.69, 9.17) is 5.73 Å². The van der Waals surface area contributed by atoms with Crippen LogP contribution in [0.15, 0.2) is 21.5 Å². The summed E-state index contributed by atoms with van der Waals surface area (Å²) >= 11 is 3.02. The van der Waals surface area contributed by atoms with Gasteiger partial charge in [0.15, 0.2) is 0 Å². The molecule has 21 heavy (non-hydrogen) atoms. The van der Waals surface area contributed by atoms with E-state index >= 15 is 0 Å². The van der Waals surface area contributed by atoms with Crippen molar-refractivity contribution < 1.29 is 17.6 Å². The molecule has 0 saturated heterocycles. The molecule has 0 aromatic heterocycles. The summed E-state index contributed by atoms with van der Waals surface area (Å²) in [5.41, 5.74) is 5.69. The van der Waals surface area contributed by atoms with Crippen LogP contribution in [0.5, 0.6) is 0 Å². The number of halogens is 2. The maximum Gasteiger partial charge on any atom is 0.246 e. The summed E-state index contributed by atoms with van der Waals surface area (Å²) in [6.07, 6.45) is 1.81. The summed E-state index contributed by atoms with van der Waals surface area (Å²) in [5.74, 6) is -1.33. The Hall–Kier alpha value is -1.19. The van der Waals surface area contributed by atoms with Crippen LogP contribution in [-0.2, 0) is 14.8 Å². The number of likely N-dealkylation sites (N-methyl/N-ethyl adjacent to an activating group) is 1. The number of benzene rings is 1. The van der Waals surface area contributed by atoms with E-state index < -0.39 is 26.6 Å². The number of sulfonamides is 1. The maximum atomic E-state index is 13.9. The number of rotatable bonds is 5. The van der Waals surface area contributed by atoms with Gasteiger partial charge in [0.2, 0.25) is 15.9 Å². The first-order valence-electron chi connectivity index (χ1n) is 6.22. The molecule has 1 aliphatic rings. The third-order valence-corrected chi connectivity index (χ3v) is 5.55. The lowest BCUT2D eigenvalue weighted by molar-refractivity contribution is -0.121. The molecular weight excluding hydrogens is 365 g/mol. The average Bonchev–Trinajstić information content (AvgIpc) is 3.17. The largest absolute Gasteiger partial charge is 0.398 e. The van der Waals surface area contributed by atoms with Gasteiger partial charge >= 0.3 is 0 Å². The molecule has 9 heteroatoms. The SMILES string of the molecule is CN(CC(=O)NC1CC1)S(=O)(=O)c1cc(N)c(Br)cc1F. The summed E-state index contributed by atoms with van der Waals surface area (Å²) < 4.78 is 39.5. The molecule has 1 aromatic rings. The monoisotopic (exact) mass is 379 g/mol. The molecule has 1 amide bonds. The highest BCUT2D eigenvalue weighted by molar-refractivity contribution is 9.10. The fraction of sp³-hybridized carbons (Fsp3) is 0.417. The van der Waals surface area contributed by atoms with E-state index in [1.54, 1.807) is 0 Å². The molecule has 0 spiro atoms. The molecule has 3 N–H and O–H groups in total. The van der Waals surface area contributed by atoms with Crippen LogP contribution in [-0.4, -0.2) is 38.3 Å². The van der Waals surface area contributed by atoms with Gasteiger partial charge in [-0.2, -0.15) is 4.31 Å². The zero-order chi connectivity index (χ0) is 15.8. The second kappa shape index (κ2) is 5.90. The standard InChI is InChI=1S/C12H15BrFN3O3S/c1-17(6-12(18)16-7-2-3-7)21(19,20)11-5-10(15)8(13)4-9(11)14/h4-5,7H,2-3,6,15H2,1H3,(H,16,18). The summed E-state index contributed by atoms with van der Waals surface area (Å²) in [4.78, 5) is 11.1. The second-order valence-corrected chi connectivity index (χ2v) is 7.77. The van der Waals surface area contributed by atoms with Crippen molar-refractivity contribution >= 4 is 37.5 Å². The first kappa shape index (κ1) is 16.2. The van der Waals surface area contributed by atoms with Crippen molar-refractivity contribution in [2.24, 2.45) is 0 Å². The van der Waals surface area contributed by atoms with Gasteiger partial charge in [0.25, 0.3) is 0 Å². The van der Waals surface area contributed by atoms with E-state index in [0.29, 0.717) is 0 Å². The van der Waals surface area contributed by atoms with Crippen LogP contribution in [0.2, 0.25) is 0 Å². The molecule has 1 saturated carbocycles. The van der Waals surface area contributed by atoms with Crippen LogP contribution in [0.3, 0.4) is 0 Å². The van der Waals surface area contributed by atoms with E-state index in [1.807, 2.05) is 0 Å². The molecule has 1 aromatic carbocycles. The number of carbonyl (C=O) groups excluding carboxylic acids is 1. The van der Waals surface area contributed by atoms with Gasteiger partial charge in [-0.05, 0) is 40.9 Å². The van der Waals surface area contributed by atoms with Crippen LogP contribution in [0.4, 0.5) is 10.1 Å². The third kappa shape index (κ3) is 3.72. The first-order valence-corrected chi connectivity index (χ1v) is 8.45. The Labute approximate surface area is 130 Å². The Morgan fingerprint density at radius 2 is 2.14 bits per heavy atom. The van der Waals surface area contributed by atoms with Crippen molar-refractivity contribution in [3.8, 4) is 0 Å². The quantitative estimate of drug-likeness (QED) is 0.748. The van der Waals surface area contributed by atoms with Crippen molar-refractivity contribution in [1.82, 2.24) is 9.62 Å². The fourth-order valence-electron chi connectivity index (χ4n) is 1.70. The number of nitrogens with zero attached hydrogens (tertiary/aromatic N) is 1. The van der Waals surface area contributed by atoms with E-state index in [1.165, 1.54) is 7.05 Å². The number of hydrogen-bond acceptors (Lipinski definition) is 4. The number of nitrogens with one attached hydrogen (secondary N) is 1. The minimum atomic E-state index is -4.12. The normalized spacial score (nSPS) is 15.2. The summed E-state index contributed by atoms with van der Waals surface area (Å²) in [6, 6.07) is 2.15. The highest BCUT2D eigenvalue weighted by Gasteiger charge is 2.29. The smallest absolute Gasteiger partial charge is 0.246 e. The van der Waals surface area contributed by atoms with Crippen molar-refractivity contribution in [3.05, 3.63) is 22.4 Å². The zero-order valence-electron chi connectivity index (χ0n) is 11.3. The van der Waals surface area contributed by atoms with Gasteiger partial charge in [-0.15, -0.1) is 0 Å². The zero-order valence-corrected chi connectivity index (χ0v) is 13.7. The van der Waals surface area contributed by atoms with Gasteiger partial charge in [-0.3, -0.25) is 4.79 Å². The lowest BCUT2D eigenvalue weighted by Crippen LogP contribution is -2.39. The molecule has 0 bridgehead atoms. The van der Waals surface area contributed by atoms with Gasteiger partial charge in [-0.1, -0.05) is 0 Å². The Balaban J connectivity index is 2.20. The van der Waals surface area contributed by atoms with Crippen LogP contribution in [0.25, 0.3) is 0 Å². The molecule has 0 atom stereocenters. The van der Waals surface area contributed by atoms with Crippen LogP contribution in [0, 0.1) is 5.82 Å². The summed E-state index contributed by atoms with van der Waals surface area (Å²) in [7, 11) is -2.90. The molecule has 2 rings (SSSR count). The molecule has 1 fully saturated rings. The lowest BCUT2D eigenvalue weighted by atomic mass is 10.3. The maximum absolute atomic E-state index is 13.9. The molecule has 0 radical (unpaired) electrons. The van der Waals surface area contributed by atoms with Crippen molar-refractivity contribution in [1.29, 1.82) is 0 Å². The second-order valence-electron chi connectivity index (χ2n) is 4.91. The van der Waals surface area contributed by atoms with Crippen LogP contribution >= 0.6 is 15.9 Å². The Morgan fingerprint density at radius 1 is 1.52 bits per heavy atom. The first-order chi connectivity index (χ1) is 9.71. The van der Waals surface area contributed by atoms with Gasteiger partial charge in [0, 0.05) is 23.2 Å². The third-order valence-electron chi connectivity index (χ3n) is 3.05. The van der Waals surface area contributed by atoms with Gasteiger partial charge in [0.05, 0.1) is 6.54 Å². The Morgan fingerprint density at radius 3 is 2.71 bits per heavy atom. The van der Waals surface area contributed by atoms with E-state index in [-0.39, 0.29) is 22.7 Å². The lowest BCUT2D eigenvalue weighted by Gasteiger charge is -2.17. The Bertz CT molecular complexity index is 677. The predicted octanol–water partition coefficient (Wildman–Crippen LogP) is 1.07. The van der Waals surface area contributed by atoms with Crippen molar-refractivity contribution in [3.63, 3.8) is 0 Å². The highest BCUT2D eigenvalue weighted by Crippen LogP contribution is 2.27. The molecule has 1 aliphatic carbocycles. The van der Waals surface area contributed by atoms with E-state index in [2.05, 4.69) is 21.2 Å². The molecule has 6 nitrogen and oxygen atoms in total. The molecule has 116 valence electrons. The number of anilines is 1. The van der Waals surface area contributed by atoms with Crippen molar-refractivity contribution in [2.45, 2.75) is 23.8 Å². The average molecular weight is 380 g/mol. The number of nitrogen functional groups attached to an aromatic ring is 1. The minimum Gasteiger partial charge on any atom is -0.398 e. The number of carbonyl (C=O) groups is 1. The van der Waals surface area contributed by atoms with E-state index in [9.17, 15) is 17.6 Å². The highest BCUT2D eigenvalue weighted by atomic mass is 79.9. The van der Waals surface area contributed by atoms with Gasteiger partial charge < -0.3 is 11.1 Å². The van der Waals surface area contributed by atoms with Crippen LogP contribution < -0.4 is 11.1 Å². The fourth-order valence-corrected chi connectivity index (χ4v) is 3.22. The summed E-state index contributed by atoms with van der Waals surface area (Å²) in [5, 5.41) is 2.67. The number of nitrogens with two attached hydrogens (primary N) is 1. The summed E-state index contributed by atoms with van der Waals surface area (Å²) in [6.45, 7) is -0.367. The number of hydrogen-bond donors (Lipinski definition) is 2.